The number of rotatable bonds is 6. The van der Waals surface area contributed by atoms with Gasteiger partial charge in [-0.1, -0.05) is 61.5 Å². The number of nitrogens with one attached hydrogen (secondary N) is 2. The Balaban J connectivity index is 1.73. The van der Waals surface area contributed by atoms with Crippen molar-refractivity contribution in [2.24, 2.45) is 5.73 Å². The summed E-state index contributed by atoms with van der Waals surface area (Å²) in [6, 6.07) is 17.2. The van der Waals surface area contributed by atoms with Crippen LogP contribution in [-0.2, 0) is 14.8 Å². The zero-order valence-electron chi connectivity index (χ0n) is 18.3. The topological polar surface area (TPSA) is 101 Å². The van der Waals surface area contributed by atoms with Gasteiger partial charge in [-0.05, 0) is 47.9 Å². The van der Waals surface area contributed by atoms with Gasteiger partial charge in [0, 0.05) is 23.9 Å². The molecule has 0 saturated heterocycles. The van der Waals surface area contributed by atoms with Crippen LogP contribution >= 0.6 is 0 Å². The second-order valence-electron chi connectivity index (χ2n) is 8.42. The molecule has 0 spiro atoms. The number of aryl methyl sites for hydroxylation is 1. The quantitative estimate of drug-likeness (QED) is 0.530. The van der Waals surface area contributed by atoms with E-state index in [9.17, 15) is 13.2 Å². The van der Waals surface area contributed by atoms with E-state index in [1.165, 1.54) is 0 Å². The smallest absolute Gasteiger partial charge is 0.241 e. The molecule has 3 atom stereocenters. The number of fused-ring (bicyclic) bond motifs is 2. The first-order valence-corrected chi connectivity index (χ1v) is 12.4. The van der Waals surface area contributed by atoms with Crippen LogP contribution in [0.5, 0.6) is 0 Å². The number of benzene rings is 3. The Morgan fingerprint density at radius 1 is 1.00 bits per heavy atom. The van der Waals surface area contributed by atoms with Gasteiger partial charge in [-0.15, -0.1) is 0 Å². The van der Waals surface area contributed by atoms with Crippen LogP contribution in [0.3, 0.4) is 0 Å². The number of hydrogen-bond acceptors (Lipinski definition) is 4. The lowest BCUT2D eigenvalue weighted by atomic mass is 9.81. The summed E-state index contributed by atoms with van der Waals surface area (Å²) in [5.74, 6) is -0.104. The SMILES string of the molecule is CCCC(=O)NC1c2ccccc2C(N)C[C@@H]1NS(=O)(=O)c1ccc(C)c2ccccc12. The summed E-state index contributed by atoms with van der Waals surface area (Å²) in [6.07, 6.45) is 1.48. The van der Waals surface area contributed by atoms with Crippen LogP contribution in [0.2, 0.25) is 0 Å². The highest BCUT2D eigenvalue weighted by Crippen LogP contribution is 2.36. The van der Waals surface area contributed by atoms with Crippen molar-refractivity contribution >= 4 is 26.7 Å². The third kappa shape index (κ3) is 4.28. The summed E-state index contributed by atoms with van der Waals surface area (Å²) in [7, 11) is -3.87. The highest BCUT2D eigenvalue weighted by molar-refractivity contribution is 7.89. The van der Waals surface area contributed by atoms with Gasteiger partial charge in [0.15, 0.2) is 0 Å². The summed E-state index contributed by atoms with van der Waals surface area (Å²) >= 11 is 0. The van der Waals surface area contributed by atoms with Gasteiger partial charge in [-0.3, -0.25) is 4.79 Å². The number of amides is 1. The summed E-state index contributed by atoms with van der Waals surface area (Å²) in [5, 5.41) is 4.62. The van der Waals surface area contributed by atoms with Crippen LogP contribution in [-0.4, -0.2) is 20.4 Å². The van der Waals surface area contributed by atoms with Crippen LogP contribution in [0.1, 0.15) is 55.0 Å². The van der Waals surface area contributed by atoms with Crippen molar-refractivity contribution in [3.8, 4) is 0 Å². The summed E-state index contributed by atoms with van der Waals surface area (Å²) in [6.45, 7) is 3.90. The third-order valence-corrected chi connectivity index (χ3v) is 7.68. The molecule has 6 nitrogen and oxygen atoms in total. The van der Waals surface area contributed by atoms with Crippen LogP contribution in [0.15, 0.2) is 65.6 Å². The average molecular weight is 452 g/mol. The number of sulfonamides is 1. The fourth-order valence-electron chi connectivity index (χ4n) is 4.57. The maximum Gasteiger partial charge on any atom is 0.241 e. The largest absolute Gasteiger partial charge is 0.348 e. The lowest BCUT2D eigenvalue weighted by Gasteiger charge is -2.37. The van der Waals surface area contributed by atoms with Crippen molar-refractivity contribution < 1.29 is 13.2 Å². The van der Waals surface area contributed by atoms with E-state index >= 15 is 0 Å². The van der Waals surface area contributed by atoms with E-state index in [0.29, 0.717) is 24.6 Å². The Bertz CT molecular complexity index is 1260. The molecule has 1 aliphatic rings. The monoisotopic (exact) mass is 451 g/mol. The van der Waals surface area contributed by atoms with E-state index in [0.717, 1.165) is 22.1 Å². The van der Waals surface area contributed by atoms with E-state index < -0.39 is 22.1 Å². The van der Waals surface area contributed by atoms with Crippen molar-refractivity contribution in [1.29, 1.82) is 0 Å². The summed E-state index contributed by atoms with van der Waals surface area (Å²) in [5.41, 5.74) is 9.21. The van der Waals surface area contributed by atoms with Crippen molar-refractivity contribution in [2.75, 3.05) is 0 Å². The van der Waals surface area contributed by atoms with Crippen molar-refractivity contribution in [2.45, 2.75) is 56.1 Å². The lowest BCUT2D eigenvalue weighted by Crippen LogP contribution is -2.50. The summed E-state index contributed by atoms with van der Waals surface area (Å²) in [4.78, 5) is 12.7. The van der Waals surface area contributed by atoms with Crippen LogP contribution in [0.25, 0.3) is 10.8 Å². The van der Waals surface area contributed by atoms with Crippen LogP contribution < -0.4 is 15.8 Å². The summed E-state index contributed by atoms with van der Waals surface area (Å²) < 4.78 is 29.9. The molecule has 7 heteroatoms. The molecule has 0 aliphatic heterocycles. The maximum atomic E-state index is 13.5. The van der Waals surface area contributed by atoms with Gasteiger partial charge in [-0.2, -0.15) is 0 Å². The van der Waals surface area contributed by atoms with Crippen LogP contribution in [0, 0.1) is 6.92 Å². The molecule has 4 rings (SSSR count). The average Bonchev–Trinajstić information content (AvgIpc) is 2.77. The van der Waals surface area contributed by atoms with Gasteiger partial charge in [0.1, 0.15) is 0 Å². The lowest BCUT2D eigenvalue weighted by molar-refractivity contribution is -0.122. The minimum absolute atomic E-state index is 0.104. The molecule has 0 bridgehead atoms. The molecule has 3 aromatic rings. The zero-order valence-corrected chi connectivity index (χ0v) is 19.2. The van der Waals surface area contributed by atoms with Crippen molar-refractivity contribution in [3.63, 3.8) is 0 Å². The van der Waals surface area contributed by atoms with Gasteiger partial charge in [0.2, 0.25) is 15.9 Å². The highest BCUT2D eigenvalue weighted by Gasteiger charge is 2.37. The van der Waals surface area contributed by atoms with Crippen molar-refractivity contribution in [3.05, 3.63) is 77.4 Å². The van der Waals surface area contributed by atoms with Crippen LogP contribution in [0.4, 0.5) is 0 Å². The Labute approximate surface area is 189 Å². The molecule has 0 saturated carbocycles. The fraction of sp³-hybridized carbons (Fsp3) is 0.320. The standard InChI is InChI=1S/C25H29N3O3S/c1-3-8-24(29)27-25-20-12-7-5-10-18(20)21(26)15-22(25)28-32(30,31)23-14-13-16(2)17-9-4-6-11-19(17)23/h4-7,9-14,21-22,25,28H,3,8,15,26H2,1-2H3,(H,27,29)/t21?,22-,25?/m0/s1. The first-order valence-electron chi connectivity index (χ1n) is 11.0. The minimum Gasteiger partial charge on any atom is -0.348 e. The molecule has 168 valence electrons. The van der Waals surface area contributed by atoms with E-state index in [1.54, 1.807) is 6.07 Å². The molecule has 32 heavy (non-hydrogen) atoms. The minimum atomic E-state index is -3.87. The molecule has 0 radical (unpaired) electrons. The Morgan fingerprint density at radius 2 is 1.66 bits per heavy atom. The second-order valence-corrected chi connectivity index (χ2v) is 10.1. The van der Waals surface area contributed by atoms with Crippen molar-refractivity contribution in [1.82, 2.24) is 10.0 Å². The van der Waals surface area contributed by atoms with E-state index in [1.807, 2.05) is 68.4 Å². The Morgan fingerprint density at radius 3 is 2.38 bits per heavy atom. The second kappa shape index (κ2) is 9.02. The van der Waals surface area contributed by atoms with E-state index in [2.05, 4.69) is 10.0 Å². The Kier molecular flexibility index (Phi) is 6.33. The third-order valence-electron chi connectivity index (χ3n) is 6.13. The molecule has 1 aliphatic carbocycles. The fourth-order valence-corrected chi connectivity index (χ4v) is 6.04. The molecule has 0 heterocycles. The predicted molar refractivity (Wildman–Crippen MR) is 127 cm³/mol. The van der Waals surface area contributed by atoms with E-state index in [-0.39, 0.29) is 16.8 Å². The Hall–Kier alpha value is -2.74. The van der Waals surface area contributed by atoms with Gasteiger partial charge in [-0.25, -0.2) is 13.1 Å². The molecule has 1 amide bonds. The van der Waals surface area contributed by atoms with Gasteiger partial charge in [0.25, 0.3) is 0 Å². The van der Waals surface area contributed by atoms with Gasteiger partial charge >= 0.3 is 0 Å². The highest BCUT2D eigenvalue weighted by atomic mass is 32.2. The van der Waals surface area contributed by atoms with Gasteiger partial charge < -0.3 is 11.1 Å². The first kappa shape index (κ1) is 22.5. The molecular formula is C25H29N3O3S. The number of hydrogen-bond donors (Lipinski definition) is 3. The molecule has 3 aromatic carbocycles. The molecular weight excluding hydrogens is 422 g/mol. The maximum absolute atomic E-state index is 13.5. The normalized spacial score (nSPS) is 20.7. The zero-order chi connectivity index (χ0) is 22.9. The number of carbonyl (C=O) groups is 1. The molecule has 0 fully saturated rings. The molecule has 4 N–H and O–H groups in total. The molecule has 0 aromatic heterocycles. The number of carbonyl (C=O) groups excluding carboxylic acids is 1. The number of nitrogens with two attached hydrogens (primary N) is 1. The predicted octanol–water partition coefficient (Wildman–Crippen LogP) is 3.86. The molecule has 2 unspecified atom stereocenters. The first-order chi connectivity index (χ1) is 15.3. The van der Waals surface area contributed by atoms with E-state index in [4.69, 9.17) is 5.73 Å². The van der Waals surface area contributed by atoms with Gasteiger partial charge in [0.05, 0.1) is 10.9 Å².